The summed E-state index contributed by atoms with van der Waals surface area (Å²) in [6.07, 6.45) is 3.62. The van der Waals surface area contributed by atoms with Gasteiger partial charge in [0, 0.05) is 36.2 Å². The monoisotopic (exact) mass is 526 g/mol. The second-order valence-electron chi connectivity index (χ2n) is 8.74. The molecule has 0 fully saturated rings. The number of benzene rings is 2. The van der Waals surface area contributed by atoms with Gasteiger partial charge in [0.15, 0.2) is 0 Å². The molecule has 0 radical (unpaired) electrons. The number of pyridine rings is 1. The number of para-hydroxylation sites is 1. The van der Waals surface area contributed by atoms with Crippen LogP contribution in [0.1, 0.15) is 28.7 Å². The van der Waals surface area contributed by atoms with Crippen LogP contribution in [-0.4, -0.2) is 42.1 Å². The number of aromatic nitrogens is 1. The lowest BCUT2D eigenvalue weighted by Gasteiger charge is -2.28. The number of anilines is 1. The van der Waals surface area contributed by atoms with Crippen molar-refractivity contribution in [2.45, 2.75) is 44.2 Å². The van der Waals surface area contributed by atoms with Crippen molar-refractivity contribution < 1.29 is 18.0 Å². The molecule has 2 N–H and O–H groups in total. The number of sulfonamides is 1. The number of carbonyl (C=O) groups is 2. The molecule has 0 aliphatic carbocycles. The van der Waals surface area contributed by atoms with E-state index < -0.39 is 27.9 Å². The van der Waals surface area contributed by atoms with Crippen LogP contribution in [0.3, 0.4) is 0 Å². The fourth-order valence-corrected chi connectivity index (χ4v) is 6.23. The first-order valence-corrected chi connectivity index (χ1v) is 13.3. The zero-order valence-corrected chi connectivity index (χ0v) is 21.6. The molecule has 188 valence electrons. The van der Waals surface area contributed by atoms with Crippen molar-refractivity contribution in [3.05, 3.63) is 88.2 Å². The Balaban J connectivity index is 1.63. The van der Waals surface area contributed by atoms with Gasteiger partial charge in [-0.2, -0.15) is 4.31 Å². The normalized spacial score (nSPS) is 16.1. The highest BCUT2D eigenvalue weighted by Gasteiger charge is 2.40. The fraction of sp³-hybridized carbons (Fsp3) is 0.269. The molecule has 1 aliphatic heterocycles. The standard InChI is InChI=1S/C26H27ClN4O4S/c1-17-14-24(18(2)13-21(17)27)36(34,35)31-16-20-5-3-4-6-22(20)30-26(33)23(31)15-25(32)29-12-9-19-7-10-28-11-8-19/h3-8,10-11,13-14,23H,9,12,15-16H2,1-2H3,(H,29,32)(H,30,33). The van der Waals surface area contributed by atoms with Gasteiger partial charge < -0.3 is 10.6 Å². The highest BCUT2D eigenvalue weighted by molar-refractivity contribution is 7.89. The number of hydrogen-bond acceptors (Lipinski definition) is 5. The van der Waals surface area contributed by atoms with Gasteiger partial charge in [0.1, 0.15) is 6.04 Å². The van der Waals surface area contributed by atoms with Crippen molar-refractivity contribution in [2.24, 2.45) is 0 Å². The fourth-order valence-electron chi connectivity index (χ4n) is 4.15. The van der Waals surface area contributed by atoms with Crippen LogP contribution in [0.15, 0.2) is 65.8 Å². The Morgan fingerprint density at radius 1 is 1.14 bits per heavy atom. The topological polar surface area (TPSA) is 108 Å². The van der Waals surface area contributed by atoms with Crippen LogP contribution in [0.25, 0.3) is 0 Å². The molecule has 1 aliphatic rings. The van der Waals surface area contributed by atoms with E-state index in [-0.39, 0.29) is 17.9 Å². The van der Waals surface area contributed by atoms with E-state index in [0.717, 1.165) is 9.87 Å². The molecule has 2 amide bonds. The predicted octanol–water partition coefficient (Wildman–Crippen LogP) is 3.61. The summed E-state index contributed by atoms with van der Waals surface area (Å²) in [7, 11) is -4.16. The van der Waals surface area contributed by atoms with E-state index in [9.17, 15) is 18.0 Å². The molecule has 1 aromatic heterocycles. The molecular weight excluding hydrogens is 500 g/mol. The Bertz CT molecular complexity index is 1400. The number of halogens is 1. The molecule has 0 saturated heterocycles. The summed E-state index contributed by atoms with van der Waals surface area (Å²) in [6, 6.07) is 12.6. The van der Waals surface area contributed by atoms with Crippen LogP contribution >= 0.6 is 11.6 Å². The molecular formula is C26H27ClN4O4S. The number of fused-ring (bicyclic) bond motifs is 1. The van der Waals surface area contributed by atoms with E-state index >= 15 is 0 Å². The van der Waals surface area contributed by atoms with Gasteiger partial charge in [-0.3, -0.25) is 14.6 Å². The maximum Gasteiger partial charge on any atom is 0.244 e. The zero-order chi connectivity index (χ0) is 25.9. The Labute approximate surface area is 215 Å². The third-order valence-corrected chi connectivity index (χ3v) is 8.56. The molecule has 3 aromatic rings. The average molecular weight is 527 g/mol. The Morgan fingerprint density at radius 3 is 2.61 bits per heavy atom. The molecule has 10 heteroatoms. The summed E-state index contributed by atoms with van der Waals surface area (Å²) < 4.78 is 29.0. The lowest BCUT2D eigenvalue weighted by molar-refractivity contribution is -0.127. The third kappa shape index (κ3) is 5.59. The Kier molecular flexibility index (Phi) is 7.73. The molecule has 2 heterocycles. The van der Waals surface area contributed by atoms with Gasteiger partial charge in [0.05, 0.1) is 11.3 Å². The minimum absolute atomic E-state index is 0.0553. The highest BCUT2D eigenvalue weighted by atomic mass is 35.5. The van der Waals surface area contributed by atoms with Gasteiger partial charge >= 0.3 is 0 Å². The van der Waals surface area contributed by atoms with Crippen molar-refractivity contribution in [1.29, 1.82) is 0 Å². The number of nitrogens with zero attached hydrogens (tertiary/aromatic N) is 2. The zero-order valence-electron chi connectivity index (χ0n) is 20.0. The maximum atomic E-state index is 13.9. The van der Waals surface area contributed by atoms with Crippen LogP contribution < -0.4 is 10.6 Å². The van der Waals surface area contributed by atoms with Gasteiger partial charge in [0.2, 0.25) is 21.8 Å². The van der Waals surface area contributed by atoms with Gasteiger partial charge in [-0.1, -0.05) is 29.8 Å². The lowest BCUT2D eigenvalue weighted by Crippen LogP contribution is -2.48. The third-order valence-electron chi connectivity index (χ3n) is 6.16. The first kappa shape index (κ1) is 25.8. The van der Waals surface area contributed by atoms with Crippen LogP contribution in [-0.2, 0) is 32.6 Å². The van der Waals surface area contributed by atoms with Gasteiger partial charge in [-0.25, -0.2) is 8.42 Å². The molecule has 0 spiro atoms. The van der Waals surface area contributed by atoms with Crippen molar-refractivity contribution >= 4 is 39.1 Å². The minimum Gasteiger partial charge on any atom is -0.356 e. The van der Waals surface area contributed by atoms with Crippen molar-refractivity contribution in [3.8, 4) is 0 Å². The summed E-state index contributed by atoms with van der Waals surface area (Å²) in [5, 5.41) is 6.05. The van der Waals surface area contributed by atoms with E-state index in [1.54, 1.807) is 56.6 Å². The Hall–Kier alpha value is -3.27. The minimum atomic E-state index is -4.16. The van der Waals surface area contributed by atoms with E-state index in [1.165, 1.54) is 6.07 Å². The van der Waals surface area contributed by atoms with E-state index in [0.29, 0.717) is 40.4 Å². The summed E-state index contributed by atoms with van der Waals surface area (Å²) in [4.78, 5) is 30.2. The summed E-state index contributed by atoms with van der Waals surface area (Å²) >= 11 is 6.20. The lowest BCUT2D eigenvalue weighted by atomic mass is 10.1. The first-order chi connectivity index (χ1) is 17.2. The highest BCUT2D eigenvalue weighted by Crippen LogP contribution is 2.32. The molecule has 4 rings (SSSR count). The second-order valence-corrected chi connectivity index (χ2v) is 11.0. The maximum absolute atomic E-state index is 13.9. The van der Waals surface area contributed by atoms with E-state index in [4.69, 9.17) is 11.6 Å². The summed E-state index contributed by atoms with van der Waals surface area (Å²) in [6.45, 7) is 3.66. The quantitative estimate of drug-likeness (QED) is 0.489. The van der Waals surface area contributed by atoms with Gasteiger partial charge in [0.25, 0.3) is 0 Å². The smallest absolute Gasteiger partial charge is 0.244 e. The average Bonchev–Trinajstić information content (AvgIpc) is 2.98. The number of carbonyl (C=O) groups excluding carboxylic acids is 2. The summed E-state index contributed by atoms with van der Waals surface area (Å²) in [5.74, 6) is -0.976. The van der Waals surface area contributed by atoms with Crippen LogP contribution in [0, 0.1) is 13.8 Å². The molecule has 0 saturated carbocycles. The van der Waals surface area contributed by atoms with Gasteiger partial charge in [-0.15, -0.1) is 0 Å². The first-order valence-electron chi connectivity index (χ1n) is 11.5. The van der Waals surface area contributed by atoms with Crippen molar-refractivity contribution in [2.75, 3.05) is 11.9 Å². The number of amides is 2. The summed E-state index contributed by atoms with van der Waals surface area (Å²) in [5.41, 5.74) is 3.23. The number of rotatable bonds is 7. The largest absolute Gasteiger partial charge is 0.356 e. The molecule has 8 nitrogen and oxygen atoms in total. The molecule has 36 heavy (non-hydrogen) atoms. The number of nitrogens with one attached hydrogen (secondary N) is 2. The Morgan fingerprint density at radius 2 is 1.86 bits per heavy atom. The van der Waals surface area contributed by atoms with Crippen LogP contribution in [0.4, 0.5) is 5.69 Å². The van der Waals surface area contributed by atoms with Crippen molar-refractivity contribution in [1.82, 2.24) is 14.6 Å². The molecule has 1 unspecified atom stereocenters. The molecule has 2 aromatic carbocycles. The van der Waals surface area contributed by atoms with E-state index in [1.807, 2.05) is 12.1 Å². The van der Waals surface area contributed by atoms with Crippen LogP contribution in [0.5, 0.6) is 0 Å². The second kappa shape index (κ2) is 10.8. The van der Waals surface area contributed by atoms with Gasteiger partial charge in [-0.05, 0) is 72.9 Å². The van der Waals surface area contributed by atoms with E-state index in [2.05, 4.69) is 15.6 Å². The molecule has 0 bridgehead atoms. The SMILES string of the molecule is Cc1cc(S(=O)(=O)N2Cc3ccccc3NC(=O)C2CC(=O)NCCc2ccncc2)c(C)cc1Cl. The van der Waals surface area contributed by atoms with Crippen molar-refractivity contribution in [3.63, 3.8) is 0 Å². The predicted molar refractivity (Wildman–Crippen MR) is 138 cm³/mol. The number of aryl methyl sites for hydroxylation is 2. The number of hydrogen-bond donors (Lipinski definition) is 2. The molecule has 1 atom stereocenters. The van der Waals surface area contributed by atoms with Crippen LogP contribution in [0.2, 0.25) is 5.02 Å².